The lowest BCUT2D eigenvalue weighted by Crippen LogP contribution is -2.43. The van der Waals surface area contributed by atoms with Crippen molar-refractivity contribution in [3.05, 3.63) is 54.0 Å². The Kier molecular flexibility index (Phi) is 6.57. The largest absolute Gasteiger partial charge is 0.397 e. The van der Waals surface area contributed by atoms with Gasteiger partial charge in [0.25, 0.3) is 5.91 Å². The third-order valence-electron chi connectivity index (χ3n) is 6.48. The second kappa shape index (κ2) is 9.92. The van der Waals surface area contributed by atoms with Crippen LogP contribution >= 0.6 is 0 Å². The molecule has 9 nitrogen and oxygen atoms in total. The minimum atomic E-state index is -0.353. The Morgan fingerprint density at radius 3 is 2.85 bits per heavy atom. The third-order valence-corrected chi connectivity index (χ3v) is 6.48. The molecule has 1 atom stereocenters. The van der Waals surface area contributed by atoms with Crippen LogP contribution in [0.25, 0.3) is 10.9 Å². The summed E-state index contributed by atoms with van der Waals surface area (Å²) < 4.78 is 5.44. The number of piperidine rings is 1. The molecule has 34 heavy (non-hydrogen) atoms. The first-order valence-electron chi connectivity index (χ1n) is 11.8. The number of nitrogen functional groups attached to an aromatic ring is 1. The smallest absolute Gasteiger partial charge is 0.276 e. The van der Waals surface area contributed by atoms with Gasteiger partial charge in [-0.05, 0) is 36.6 Å². The van der Waals surface area contributed by atoms with Gasteiger partial charge in [0, 0.05) is 50.3 Å². The number of fused-ring (bicyclic) bond motifs is 1. The lowest BCUT2D eigenvalue weighted by molar-refractivity contribution is 0.0342. The monoisotopic (exact) mass is 461 g/mol. The number of ether oxygens (including phenoxy) is 1. The highest BCUT2D eigenvalue weighted by molar-refractivity contribution is 6.09. The molecule has 2 saturated heterocycles. The van der Waals surface area contributed by atoms with Gasteiger partial charge >= 0.3 is 0 Å². The van der Waals surface area contributed by atoms with Crippen molar-refractivity contribution < 1.29 is 9.53 Å². The summed E-state index contributed by atoms with van der Waals surface area (Å²) in [5.41, 5.74) is 16.4. The molecule has 3 aromatic rings. The maximum atomic E-state index is 13.2. The van der Waals surface area contributed by atoms with Crippen molar-refractivity contribution in [2.75, 3.05) is 55.3 Å². The first kappa shape index (κ1) is 22.5. The summed E-state index contributed by atoms with van der Waals surface area (Å²) in [6.07, 6.45) is 5.41. The minimum absolute atomic E-state index is 0.120. The number of carbonyl (C=O) groups excluding carboxylic acids is 1. The Bertz CT molecular complexity index is 1180. The van der Waals surface area contributed by atoms with E-state index in [4.69, 9.17) is 16.2 Å². The van der Waals surface area contributed by atoms with Gasteiger partial charge in [0.05, 0.1) is 42.0 Å². The van der Waals surface area contributed by atoms with Crippen LogP contribution in [0.3, 0.4) is 0 Å². The normalized spacial score (nSPS) is 19.3. The standard InChI is InChI=1S/C25H31N7O2/c26-19-2-1-7-32(16-19)23-5-6-28-14-22(23)30-25(33)24-20(27)13-18-4-3-17(12-21(18)29-24)15-31-8-10-34-11-9-31/h3-6,12-14,19H,1-2,7-11,15-16,26-27H2,(H,30,33)/t19-/m0/s1. The average Bonchev–Trinajstić information content (AvgIpc) is 2.85. The summed E-state index contributed by atoms with van der Waals surface area (Å²) in [6.45, 7) is 5.80. The summed E-state index contributed by atoms with van der Waals surface area (Å²) in [6, 6.07) is 9.96. The fourth-order valence-corrected chi connectivity index (χ4v) is 4.70. The molecule has 178 valence electrons. The first-order chi connectivity index (χ1) is 16.6. The molecule has 2 fully saturated rings. The number of aromatic nitrogens is 2. The molecule has 2 aromatic heterocycles. The van der Waals surface area contributed by atoms with Gasteiger partial charge in [0.15, 0.2) is 5.69 Å². The quantitative estimate of drug-likeness (QED) is 0.529. The van der Waals surface area contributed by atoms with E-state index >= 15 is 0 Å². The average molecular weight is 462 g/mol. The number of amides is 1. The van der Waals surface area contributed by atoms with Crippen LogP contribution in [0.4, 0.5) is 17.1 Å². The highest BCUT2D eigenvalue weighted by Crippen LogP contribution is 2.28. The Hall–Kier alpha value is -3.27. The summed E-state index contributed by atoms with van der Waals surface area (Å²) in [5, 5.41) is 3.88. The van der Waals surface area contributed by atoms with Crippen molar-refractivity contribution >= 4 is 33.9 Å². The number of carbonyl (C=O) groups is 1. The van der Waals surface area contributed by atoms with Gasteiger partial charge in [-0.2, -0.15) is 0 Å². The van der Waals surface area contributed by atoms with Gasteiger partial charge in [-0.25, -0.2) is 4.98 Å². The van der Waals surface area contributed by atoms with Gasteiger partial charge < -0.3 is 26.4 Å². The second-order valence-corrected chi connectivity index (χ2v) is 9.04. The predicted octanol–water partition coefficient (Wildman–Crippen LogP) is 2.22. The van der Waals surface area contributed by atoms with Crippen molar-refractivity contribution in [2.24, 2.45) is 5.73 Å². The Morgan fingerprint density at radius 1 is 1.18 bits per heavy atom. The molecule has 2 aliphatic rings. The number of hydrogen-bond acceptors (Lipinski definition) is 8. The van der Waals surface area contributed by atoms with Crippen molar-refractivity contribution in [1.82, 2.24) is 14.9 Å². The highest BCUT2D eigenvalue weighted by Gasteiger charge is 2.21. The zero-order valence-corrected chi connectivity index (χ0v) is 19.2. The van der Waals surface area contributed by atoms with E-state index in [1.807, 2.05) is 24.3 Å². The second-order valence-electron chi connectivity index (χ2n) is 9.04. The molecule has 1 amide bonds. The SMILES string of the molecule is Nc1cc2ccc(CN3CCOCC3)cc2nc1C(=O)Nc1cnccc1N1CCC[C@H](N)C1. The number of nitrogens with zero attached hydrogens (tertiary/aromatic N) is 4. The molecular formula is C25H31N7O2. The maximum Gasteiger partial charge on any atom is 0.276 e. The van der Waals surface area contributed by atoms with Crippen molar-refractivity contribution in [1.29, 1.82) is 0 Å². The number of rotatable bonds is 5. The molecule has 0 radical (unpaired) electrons. The van der Waals surface area contributed by atoms with Crippen LogP contribution in [0.5, 0.6) is 0 Å². The number of nitrogens with two attached hydrogens (primary N) is 2. The van der Waals surface area contributed by atoms with E-state index in [1.165, 1.54) is 0 Å². The number of morpholine rings is 1. The van der Waals surface area contributed by atoms with E-state index in [0.29, 0.717) is 11.4 Å². The molecule has 0 unspecified atom stereocenters. The minimum Gasteiger partial charge on any atom is -0.397 e. The fourth-order valence-electron chi connectivity index (χ4n) is 4.70. The zero-order valence-electron chi connectivity index (χ0n) is 19.2. The number of hydrogen-bond donors (Lipinski definition) is 3. The van der Waals surface area contributed by atoms with Crippen LogP contribution in [0, 0.1) is 0 Å². The number of pyridine rings is 2. The van der Waals surface area contributed by atoms with Crippen LogP contribution in [0.15, 0.2) is 42.7 Å². The molecule has 2 aliphatic heterocycles. The van der Waals surface area contributed by atoms with Gasteiger partial charge in [-0.1, -0.05) is 12.1 Å². The van der Waals surface area contributed by atoms with E-state index < -0.39 is 0 Å². The van der Waals surface area contributed by atoms with Crippen LogP contribution in [0.1, 0.15) is 28.9 Å². The first-order valence-corrected chi connectivity index (χ1v) is 11.8. The number of benzene rings is 1. The molecular weight excluding hydrogens is 430 g/mol. The van der Waals surface area contributed by atoms with Crippen LogP contribution < -0.4 is 21.7 Å². The van der Waals surface area contributed by atoms with Crippen molar-refractivity contribution in [3.8, 4) is 0 Å². The fraction of sp³-hybridized carbons (Fsp3) is 0.400. The summed E-state index contributed by atoms with van der Waals surface area (Å²) in [5.74, 6) is -0.353. The van der Waals surface area contributed by atoms with Crippen LogP contribution in [-0.2, 0) is 11.3 Å². The van der Waals surface area contributed by atoms with Crippen LogP contribution in [0.2, 0.25) is 0 Å². The van der Waals surface area contributed by atoms with E-state index in [0.717, 1.165) is 80.9 Å². The van der Waals surface area contributed by atoms with Gasteiger partial charge in [-0.15, -0.1) is 0 Å². The molecule has 5 N–H and O–H groups in total. The topological polar surface area (TPSA) is 123 Å². The highest BCUT2D eigenvalue weighted by atomic mass is 16.5. The van der Waals surface area contributed by atoms with Gasteiger partial charge in [0.1, 0.15) is 0 Å². The summed E-state index contributed by atoms with van der Waals surface area (Å²) >= 11 is 0. The Labute approximate surface area is 199 Å². The maximum absolute atomic E-state index is 13.2. The predicted molar refractivity (Wildman–Crippen MR) is 134 cm³/mol. The van der Waals surface area contributed by atoms with Gasteiger partial charge in [-0.3, -0.25) is 14.7 Å². The lowest BCUT2D eigenvalue weighted by atomic mass is 10.1. The van der Waals surface area contributed by atoms with Crippen LogP contribution in [-0.4, -0.2) is 66.2 Å². The molecule has 0 spiro atoms. The van der Waals surface area contributed by atoms with Crippen molar-refractivity contribution in [2.45, 2.75) is 25.4 Å². The molecule has 0 aliphatic carbocycles. The molecule has 5 rings (SSSR count). The van der Waals surface area contributed by atoms with E-state index in [1.54, 1.807) is 12.4 Å². The molecule has 0 saturated carbocycles. The zero-order chi connectivity index (χ0) is 23.5. The summed E-state index contributed by atoms with van der Waals surface area (Å²) in [7, 11) is 0. The third kappa shape index (κ3) is 4.96. The molecule has 0 bridgehead atoms. The lowest BCUT2D eigenvalue weighted by Gasteiger charge is -2.33. The Balaban J connectivity index is 1.38. The van der Waals surface area contributed by atoms with Gasteiger partial charge in [0.2, 0.25) is 0 Å². The summed E-state index contributed by atoms with van der Waals surface area (Å²) in [4.78, 5) is 26.6. The van der Waals surface area contributed by atoms with E-state index in [-0.39, 0.29) is 17.6 Å². The molecule has 1 aromatic carbocycles. The number of anilines is 3. The van der Waals surface area contributed by atoms with E-state index in [2.05, 4.69) is 31.2 Å². The Morgan fingerprint density at radius 2 is 2.03 bits per heavy atom. The number of nitrogens with one attached hydrogen (secondary N) is 1. The molecule has 9 heteroatoms. The van der Waals surface area contributed by atoms with E-state index in [9.17, 15) is 4.79 Å². The molecule has 4 heterocycles. The van der Waals surface area contributed by atoms with Crippen molar-refractivity contribution in [3.63, 3.8) is 0 Å².